The Balaban J connectivity index is 2.33. The van der Waals surface area contributed by atoms with Gasteiger partial charge < -0.3 is 18.9 Å². The van der Waals surface area contributed by atoms with Crippen LogP contribution in [-0.4, -0.2) is 36.5 Å². The number of cyclic esters (lactones) is 2. The lowest BCUT2D eigenvalue weighted by molar-refractivity contribution is -0.299. The van der Waals surface area contributed by atoms with Crippen molar-refractivity contribution >= 4 is 23.9 Å². The van der Waals surface area contributed by atoms with Gasteiger partial charge in [0.25, 0.3) is 0 Å². The summed E-state index contributed by atoms with van der Waals surface area (Å²) in [6.07, 6.45) is 29.9. The second-order valence-electron chi connectivity index (χ2n) is 11.8. The van der Waals surface area contributed by atoms with Crippen molar-refractivity contribution in [1.82, 2.24) is 0 Å². The Bertz CT molecular complexity index is 829. The fraction of sp³-hybridized carbons (Fsp3) is 0.778. The van der Waals surface area contributed by atoms with E-state index >= 15 is 0 Å². The summed E-state index contributed by atoms with van der Waals surface area (Å²) in [7, 11) is 0. The van der Waals surface area contributed by atoms with Crippen LogP contribution in [0.4, 0.5) is 0 Å². The lowest BCUT2D eigenvalue weighted by Gasteiger charge is -2.26. The second-order valence-corrected chi connectivity index (χ2v) is 11.8. The molecule has 1 heterocycles. The van der Waals surface area contributed by atoms with Gasteiger partial charge in [0.1, 0.15) is 6.61 Å². The van der Waals surface area contributed by atoms with Gasteiger partial charge in [-0.25, -0.2) is 0 Å². The summed E-state index contributed by atoms with van der Waals surface area (Å²) in [5.41, 5.74) is 0. The normalized spacial score (nSPS) is 14.9. The van der Waals surface area contributed by atoms with Crippen LogP contribution in [0.5, 0.6) is 0 Å². The number of hydrogen-bond donors (Lipinski definition) is 0. The first-order valence-electron chi connectivity index (χ1n) is 17.5. The van der Waals surface area contributed by atoms with E-state index in [4.69, 9.17) is 18.9 Å². The minimum Gasteiger partial charge on any atom is -0.461 e. The molecule has 0 saturated carbocycles. The number of allylic oxidation sites excluding steroid dienone is 2. The predicted octanol–water partition coefficient (Wildman–Crippen LogP) is 9.34. The average Bonchev–Trinajstić information content (AvgIpc) is 3.14. The van der Waals surface area contributed by atoms with Gasteiger partial charge in [-0.15, -0.1) is 0 Å². The van der Waals surface area contributed by atoms with Crippen LogP contribution in [0.3, 0.4) is 0 Å². The largest absolute Gasteiger partial charge is 0.461 e. The maximum Gasteiger partial charge on any atom is 0.446 e. The van der Waals surface area contributed by atoms with Crippen LogP contribution in [-0.2, 0) is 38.1 Å². The molecule has 0 unspecified atom stereocenters. The molecule has 1 saturated heterocycles. The van der Waals surface area contributed by atoms with Crippen molar-refractivity contribution in [2.45, 2.75) is 174 Å². The van der Waals surface area contributed by atoms with Crippen LogP contribution >= 0.6 is 0 Å². The van der Waals surface area contributed by atoms with E-state index in [1.165, 1.54) is 96.0 Å². The van der Waals surface area contributed by atoms with Crippen LogP contribution in [0.2, 0.25) is 0 Å². The zero-order chi connectivity index (χ0) is 32.1. The number of ether oxygens (including phenoxy) is 4. The molecule has 0 spiro atoms. The lowest BCUT2D eigenvalue weighted by atomic mass is 10.1. The first-order valence-corrected chi connectivity index (χ1v) is 17.5. The van der Waals surface area contributed by atoms with E-state index in [2.05, 4.69) is 13.8 Å². The van der Waals surface area contributed by atoms with E-state index < -0.39 is 29.9 Å². The molecule has 0 aromatic rings. The van der Waals surface area contributed by atoms with Crippen molar-refractivity contribution in [3.05, 3.63) is 24.3 Å². The molecule has 0 aromatic heterocycles. The molecule has 0 radical (unpaired) electrons. The molecule has 1 aliphatic rings. The molecule has 1 aliphatic heterocycles. The van der Waals surface area contributed by atoms with Gasteiger partial charge in [-0.1, -0.05) is 135 Å². The Morgan fingerprint density at radius 1 is 0.614 bits per heavy atom. The molecule has 44 heavy (non-hydrogen) atoms. The Morgan fingerprint density at radius 3 is 1.55 bits per heavy atom. The van der Waals surface area contributed by atoms with Crippen molar-refractivity contribution in [3.63, 3.8) is 0 Å². The van der Waals surface area contributed by atoms with Crippen LogP contribution in [0.15, 0.2) is 24.3 Å². The molecular weight excluding hydrogens is 560 g/mol. The molecular formula is C36H60O8. The first-order chi connectivity index (χ1) is 21.4. The van der Waals surface area contributed by atoms with Crippen LogP contribution in [0.1, 0.15) is 168 Å². The fourth-order valence-corrected chi connectivity index (χ4v) is 4.97. The molecule has 8 heteroatoms. The summed E-state index contributed by atoms with van der Waals surface area (Å²) >= 11 is 0. The van der Waals surface area contributed by atoms with Crippen molar-refractivity contribution in [3.8, 4) is 0 Å². The number of hydrogen-bond acceptors (Lipinski definition) is 8. The number of carbonyl (C=O) groups is 4. The number of rotatable bonds is 27. The van der Waals surface area contributed by atoms with Gasteiger partial charge in [-0.2, -0.15) is 0 Å². The van der Waals surface area contributed by atoms with Gasteiger partial charge in [0, 0.05) is 6.08 Å². The van der Waals surface area contributed by atoms with E-state index in [9.17, 15) is 19.2 Å². The Morgan fingerprint density at radius 2 is 1.05 bits per heavy atom. The zero-order valence-electron chi connectivity index (χ0n) is 27.8. The van der Waals surface area contributed by atoms with E-state index in [1.54, 1.807) is 6.08 Å². The number of unbranched alkanes of at least 4 members (excludes halogenated alkanes) is 18. The topological polar surface area (TPSA) is 105 Å². The molecule has 0 aliphatic carbocycles. The molecule has 0 amide bonds. The highest BCUT2D eigenvalue weighted by atomic mass is 16.9. The molecule has 0 bridgehead atoms. The minimum atomic E-state index is -2.25. The highest BCUT2D eigenvalue weighted by molar-refractivity contribution is 5.81. The minimum absolute atomic E-state index is 0.145. The van der Waals surface area contributed by atoms with Crippen LogP contribution in [0, 0.1) is 0 Å². The average molecular weight is 621 g/mol. The maximum absolute atomic E-state index is 12.6. The third kappa shape index (κ3) is 22.0. The molecule has 0 atom stereocenters. The number of esters is 4. The van der Waals surface area contributed by atoms with Crippen molar-refractivity contribution < 1.29 is 38.1 Å². The molecule has 0 N–H and O–H groups in total. The van der Waals surface area contributed by atoms with Gasteiger partial charge >= 0.3 is 29.9 Å². The highest BCUT2D eigenvalue weighted by Crippen LogP contribution is 2.25. The molecule has 0 aromatic carbocycles. The van der Waals surface area contributed by atoms with E-state index in [0.29, 0.717) is 6.42 Å². The predicted molar refractivity (Wildman–Crippen MR) is 172 cm³/mol. The monoisotopic (exact) mass is 620 g/mol. The Kier molecular flexibility index (Phi) is 23.9. The summed E-state index contributed by atoms with van der Waals surface area (Å²) in [5, 5.41) is 0. The van der Waals surface area contributed by atoms with Crippen LogP contribution < -0.4 is 0 Å². The highest BCUT2D eigenvalue weighted by Gasteiger charge is 2.43. The quantitative estimate of drug-likeness (QED) is 0.0508. The third-order valence-corrected chi connectivity index (χ3v) is 7.61. The smallest absolute Gasteiger partial charge is 0.446 e. The Labute approximate surface area is 266 Å². The first kappa shape index (κ1) is 39.4. The third-order valence-electron chi connectivity index (χ3n) is 7.61. The van der Waals surface area contributed by atoms with Crippen molar-refractivity contribution in [1.29, 1.82) is 0 Å². The SMILES string of the molecule is CCCCCCCCCCC/C=C/COC(=O)CCC(=O)OC1(/C=C/CCCCCCCCCCC)OC(=O)CCC(=O)O1. The van der Waals surface area contributed by atoms with Gasteiger partial charge in [0.15, 0.2) is 0 Å². The fourth-order valence-electron chi connectivity index (χ4n) is 4.97. The van der Waals surface area contributed by atoms with Crippen molar-refractivity contribution in [2.24, 2.45) is 0 Å². The summed E-state index contributed by atoms with van der Waals surface area (Å²) in [5.74, 6) is -5.03. The molecule has 1 fully saturated rings. The summed E-state index contributed by atoms with van der Waals surface area (Å²) < 4.78 is 21.0. The maximum atomic E-state index is 12.6. The van der Waals surface area contributed by atoms with E-state index in [0.717, 1.165) is 32.1 Å². The summed E-state index contributed by atoms with van der Waals surface area (Å²) in [4.78, 5) is 49.0. The van der Waals surface area contributed by atoms with Gasteiger partial charge in [-0.05, 0) is 25.7 Å². The number of carbonyl (C=O) groups excluding carboxylic acids is 4. The summed E-state index contributed by atoms with van der Waals surface area (Å²) in [6, 6.07) is 0. The second kappa shape index (κ2) is 26.7. The molecule has 8 nitrogen and oxygen atoms in total. The van der Waals surface area contributed by atoms with E-state index in [-0.39, 0.29) is 32.3 Å². The molecule has 1 rings (SSSR count). The summed E-state index contributed by atoms with van der Waals surface area (Å²) in [6.45, 7) is 4.59. The molecule has 252 valence electrons. The van der Waals surface area contributed by atoms with Gasteiger partial charge in [-0.3, -0.25) is 19.2 Å². The van der Waals surface area contributed by atoms with E-state index in [1.807, 2.05) is 12.2 Å². The van der Waals surface area contributed by atoms with Gasteiger partial charge in [0.2, 0.25) is 0 Å². The van der Waals surface area contributed by atoms with Crippen molar-refractivity contribution in [2.75, 3.05) is 6.61 Å². The lowest BCUT2D eigenvalue weighted by Crippen LogP contribution is -2.41. The van der Waals surface area contributed by atoms with Gasteiger partial charge in [0.05, 0.1) is 25.7 Å². The zero-order valence-corrected chi connectivity index (χ0v) is 27.8. The Hall–Kier alpha value is -2.64. The van der Waals surface area contributed by atoms with Crippen LogP contribution in [0.25, 0.3) is 0 Å². The standard InChI is InChI=1S/C36H60O8/c1-3-5-7-9-11-13-15-17-19-21-23-25-31-41-32(37)26-27-33(38)42-36(43-34(39)28-29-35(40)44-36)30-24-22-20-18-16-14-12-10-8-6-4-2/h23-25,30H,3-22,26-29,31H2,1-2H3/b25-23+,30-24+.